The lowest BCUT2D eigenvalue weighted by molar-refractivity contribution is -0.185. The van der Waals surface area contributed by atoms with Crippen LogP contribution in [-0.4, -0.2) is 47.5 Å². The molecule has 0 unspecified atom stereocenters. The summed E-state index contributed by atoms with van der Waals surface area (Å²) in [5, 5.41) is 2.43. The molecule has 0 saturated carbocycles. The van der Waals surface area contributed by atoms with Crippen LogP contribution in [0.2, 0.25) is 0 Å². The van der Waals surface area contributed by atoms with Crippen molar-refractivity contribution in [2.45, 2.75) is 25.9 Å². The molecule has 2 amide bonds. The van der Waals surface area contributed by atoms with Gasteiger partial charge in [0.15, 0.2) is 0 Å². The largest absolute Gasteiger partial charge is 0.471 e. The quantitative estimate of drug-likeness (QED) is 0.532. The van der Waals surface area contributed by atoms with Crippen LogP contribution in [0.3, 0.4) is 0 Å². The fraction of sp³-hybridized carbons (Fsp3) is 0.700. The van der Waals surface area contributed by atoms with Crippen LogP contribution in [0.5, 0.6) is 0 Å². The molecule has 110 valence electrons. The van der Waals surface area contributed by atoms with E-state index in [1.54, 1.807) is 0 Å². The van der Waals surface area contributed by atoms with Gasteiger partial charge in [0, 0.05) is 33.0 Å². The SMILES string of the molecule is CC(=O)NCCCN(CCC(N)=S)C(=O)C(F)(F)F. The molecule has 0 rings (SSSR count). The summed E-state index contributed by atoms with van der Waals surface area (Å²) in [7, 11) is 0. The summed E-state index contributed by atoms with van der Waals surface area (Å²) >= 11 is 4.57. The molecular weight excluding hydrogens is 283 g/mol. The highest BCUT2D eigenvalue weighted by molar-refractivity contribution is 7.80. The van der Waals surface area contributed by atoms with Gasteiger partial charge in [-0.25, -0.2) is 0 Å². The molecule has 0 aliphatic heterocycles. The molecule has 19 heavy (non-hydrogen) atoms. The van der Waals surface area contributed by atoms with Gasteiger partial charge in [0.2, 0.25) is 5.91 Å². The molecule has 0 aromatic rings. The van der Waals surface area contributed by atoms with Crippen LogP contribution in [-0.2, 0) is 9.59 Å². The molecule has 0 radical (unpaired) electrons. The first kappa shape index (κ1) is 17.6. The fourth-order valence-electron chi connectivity index (χ4n) is 1.27. The molecule has 0 heterocycles. The molecule has 0 aromatic heterocycles. The number of amides is 2. The summed E-state index contributed by atoms with van der Waals surface area (Å²) in [5.41, 5.74) is 5.20. The van der Waals surface area contributed by atoms with Crippen molar-refractivity contribution in [3.05, 3.63) is 0 Å². The summed E-state index contributed by atoms with van der Waals surface area (Å²) in [5.74, 6) is -2.21. The van der Waals surface area contributed by atoms with Gasteiger partial charge in [-0.05, 0) is 6.42 Å². The maximum absolute atomic E-state index is 12.3. The fourth-order valence-corrected chi connectivity index (χ4v) is 1.36. The number of thiocarbonyl (C=S) groups is 1. The van der Waals surface area contributed by atoms with Crippen molar-refractivity contribution in [2.75, 3.05) is 19.6 Å². The Morgan fingerprint density at radius 2 is 1.89 bits per heavy atom. The van der Waals surface area contributed by atoms with E-state index in [4.69, 9.17) is 5.73 Å². The molecule has 0 atom stereocenters. The standard InChI is InChI=1S/C10H16F3N3O2S/c1-7(17)15-4-2-5-16(6-3-8(14)19)9(18)10(11,12)13/h2-6H2,1H3,(H2,14,19)(H,15,17). The summed E-state index contributed by atoms with van der Waals surface area (Å²) in [6, 6.07) is 0. The molecular formula is C10H16F3N3O2S. The zero-order valence-electron chi connectivity index (χ0n) is 10.4. The predicted molar refractivity (Wildman–Crippen MR) is 67.3 cm³/mol. The van der Waals surface area contributed by atoms with E-state index in [9.17, 15) is 22.8 Å². The van der Waals surface area contributed by atoms with E-state index in [0.29, 0.717) is 4.90 Å². The van der Waals surface area contributed by atoms with E-state index in [1.807, 2.05) is 0 Å². The molecule has 0 bridgehead atoms. The number of hydrogen-bond acceptors (Lipinski definition) is 3. The van der Waals surface area contributed by atoms with E-state index in [2.05, 4.69) is 17.5 Å². The highest BCUT2D eigenvalue weighted by atomic mass is 32.1. The van der Waals surface area contributed by atoms with E-state index < -0.39 is 12.1 Å². The first-order valence-electron chi connectivity index (χ1n) is 5.53. The van der Waals surface area contributed by atoms with Crippen LogP contribution in [0, 0.1) is 0 Å². The lowest BCUT2D eigenvalue weighted by atomic mass is 10.3. The zero-order valence-corrected chi connectivity index (χ0v) is 11.2. The maximum Gasteiger partial charge on any atom is 0.471 e. The molecule has 0 saturated heterocycles. The molecule has 0 aliphatic rings. The number of nitrogens with zero attached hydrogens (tertiary/aromatic N) is 1. The lowest BCUT2D eigenvalue weighted by Gasteiger charge is -2.23. The molecule has 5 nitrogen and oxygen atoms in total. The molecule has 0 aliphatic carbocycles. The highest BCUT2D eigenvalue weighted by Crippen LogP contribution is 2.18. The van der Waals surface area contributed by atoms with Gasteiger partial charge in [-0.1, -0.05) is 12.2 Å². The Morgan fingerprint density at radius 3 is 2.32 bits per heavy atom. The van der Waals surface area contributed by atoms with Crippen LogP contribution in [0.4, 0.5) is 13.2 Å². The van der Waals surface area contributed by atoms with Crippen molar-refractivity contribution in [1.29, 1.82) is 0 Å². The van der Waals surface area contributed by atoms with Gasteiger partial charge in [-0.3, -0.25) is 9.59 Å². The van der Waals surface area contributed by atoms with E-state index in [0.717, 1.165) is 0 Å². The average Bonchev–Trinajstić information content (AvgIpc) is 2.25. The lowest BCUT2D eigenvalue weighted by Crippen LogP contribution is -2.43. The van der Waals surface area contributed by atoms with Gasteiger partial charge >= 0.3 is 12.1 Å². The maximum atomic E-state index is 12.3. The number of hydrogen-bond donors (Lipinski definition) is 2. The topological polar surface area (TPSA) is 75.4 Å². The Balaban J connectivity index is 4.37. The molecule has 9 heteroatoms. The normalized spacial score (nSPS) is 10.9. The van der Waals surface area contributed by atoms with Gasteiger partial charge < -0.3 is 16.0 Å². The monoisotopic (exact) mass is 299 g/mol. The third kappa shape index (κ3) is 8.36. The molecule has 0 fully saturated rings. The highest BCUT2D eigenvalue weighted by Gasteiger charge is 2.42. The van der Waals surface area contributed by atoms with Crippen LogP contribution in [0.1, 0.15) is 19.8 Å². The average molecular weight is 299 g/mol. The first-order valence-corrected chi connectivity index (χ1v) is 5.94. The number of carbonyl (C=O) groups is 2. The van der Waals surface area contributed by atoms with Crippen molar-refractivity contribution >= 4 is 29.0 Å². The van der Waals surface area contributed by atoms with Gasteiger partial charge in [0.25, 0.3) is 0 Å². The van der Waals surface area contributed by atoms with Gasteiger partial charge in [0.1, 0.15) is 0 Å². The second kappa shape index (κ2) is 7.93. The van der Waals surface area contributed by atoms with Crippen LogP contribution < -0.4 is 11.1 Å². The number of carbonyl (C=O) groups excluding carboxylic acids is 2. The smallest absolute Gasteiger partial charge is 0.393 e. The van der Waals surface area contributed by atoms with Crippen molar-refractivity contribution in [2.24, 2.45) is 5.73 Å². The number of nitrogens with two attached hydrogens (primary N) is 1. The number of nitrogens with one attached hydrogen (secondary N) is 1. The van der Waals surface area contributed by atoms with Crippen molar-refractivity contribution < 1.29 is 22.8 Å². The second-order valence-electron chi connectivity index (χ2n) is 3.84. The predicted octanol–water partition coefficient (Wildman–Crippen LogP) is 0.580. The zero-order chi connectivity index (χ0) is 15.1. The minimum absolute atomic E-state index is 0.0251. The Bertz CT molecular complexity index is 347. The molecule has 0 aromatic carbocycles. The van der Waals surface area contributed by atoms with Crippen molar-refractivity contribution in [3.8, 4) is 0 Å². The van der Waals surface area contributed by atoms with Gasteiger partial charge in [-0.2, -0.15) is 13.2 Å². The van der Waals surface area contributed by atoms with Gasteiger partial charge in [-0.15, -0.1) is 0 Å². The second-order valence-corrected chi connectivity index (χ2v) is 4.37. The first-order chi connectivity index (χ1) is 8.64. The molecule has 3 N–H and O–H groups in total. The number of alkyl halides is 3. The van der Waals surface area contributed by atoms with E-state index >= 15 is 0 Å². The van der Waals surface area contributed by atoms with Crippen LogP contribution in [0.15, 0.2) is 0 Å². The van der Waals surface area contributed by atoms with E-state index in [-0.39, 0.29) is 43.4 Å². The Morgan fingerprint density at radius 1 is 1.32 bits per heavy atom. The number of rotatable bonds is 7. The van der Waals surface area contributed by atoms with E-state index in [1.165, 1.54) is 6.92 Å². The van der Waals surface area contributed by atoms with Crippen LogP contribution in [0.25, 0.3) is 0 Å². The third-order valence-electron chi connectivity index (χ3n) is 2.14. The van der Waals surface area contributed by atoms with Gasteiger partial charge in [0.05, 0.1) is 4.99 Å². The summed E-state index contributed by atoms with van der Waals surface area (Å²) in [6.07, 6.45) is -4.68. The summed E-state index contributed by atoms with van der Waals surface area (Å²) in [6.45, 7) is 1.19. The molecule has 0 spiro atoms. The number of halogens is 3. The Hall–Kier alpha value is -1.38. The minimum Gasteiger partial charge on any atom is -0.393 e. The Kier molecular flexibility index (Phi) is 7.35. The Labute approximate surface area is 114 Å². The minimum atomic E-state index is -4.93. The van der Waals surface area contributed by atoms with Crippen molar-refractivity contribution in [3.63, 3.8) is 0 Å². The summed E-state index contributed by atoms with van der Waals surface area (Å²) < 4.78 is 37.0. The third-order valence-corrected chi connectivity index (χ3v) is 2.34. The van der Waals surface area contributed by atoms with Crippen molar-refractivity contribution in [1.82, 2.24) is 10.2 Å². The van der Waals surface area contributed by atoms with Crippen LogP contribution >= 0.6 is 12.2 Å². The summed E-state index contributed by atoms with van der Waals surface area (Å²) in [4.78, 5) is 22.4.